The lowest BCUT2D eigenvalue weighted by Gasteiger charge is -2.13. The molecule has 0 saturated heterocycles. The summed E-state index contributed by atoms with van der Waals surface area (Å²) >= 11 is 0. The molecule has 1 nitrogen and oxygen atoms in total. The van der Waals surface area contributed by atoms with Gasteiger partial charge in [0, 0.05) is 5.69 Å². The fourth-order valence-electron chi connectivity index (χ4n) is 1.20. The number of anilines is 1. The molecule has 1 N–H and O–H groups in total. The van der Waals surface area contributed by atoms with Gasteiger partial charge in [0.1, 0.15) is 5.70 Å². The number of halogens is 3. The molecule has 1 rings (SSSR count). The van der Waals surface area contributed by atoms with E-state index in [9.17, 15) is 13.2 Å². The van der Waals surface area contributed by atoms with Gasteiger partial charge in [-0.25, -0.2) is 0 Å². The molecule has 0 fully saturated rings. The molecule has 0 radical (unpaired) electrons. The molecular weight excluding hydrogens is 215 g/mol. The number of hydrogen-bond donors (Lipinski definition) is 1. The van der Waals surface area contributed by atoms with Crippen LogP contribution in [0.2, 0.25) is 0 Å². The van der Waals surface area contributed by atoms with Crippen molar-refractivity contribution in [1.82, 2.24) is 0 Å². The molecule has 16 heavy (non-hydrogen) atoms. The molecule has 0 aliphatic rings. The molecule has 4 heteroatoms. The fraction of sp³-hybridized carbons (Fsp3) is 0.333. The second-order valence-electron chi connectivity index (χ2n) is 3.88. The van der Waals surface area contributed by atoms with Crippen molar-refractivity contribution < 1.29 is 13.2 Å². The second-order valence-corrected chi connectivity index (χ2v) is 3.88. The Morgan fingerprint density at radius 3 is 2.06 bits per heavy atom. The van der Waals surface area contributed by atoms with E-state index in [4.69, 9.17) is 0 Å². The molecule has 0 aliphatic carbocycles. The van der Waals surface area contributed by atoms with Crippen molar-refractivity contribution >= 4 is 5.69 Å². The lowest BCUT2D eigenvalue weighted by Crippen LogP contribution is -2.17. The van der Waals surface area contributed by atoms with Gasteiger partial charge in [-0.2, -0.15) is 13.2 Å². The zero-order valence-electron chi connectivity index (χ0n) is 9.23. The third-order valence-electron chi connectivity index (χ3n) is 2.21. The largest absolute Gasteiger partial charge is 0.430 e. The molecular formula is C12H14F3N. The van der Waals surface area contributed by atoms with E-state index in [1.165, 1.54) is 0 Å². The van der Waals surface area contributed by atoms with Gasteiger partial charge in [0.15, 0.2) is 0 Å². The minimum Gasteiger partial charge on any atom is -0.352 e. The summed E-state index contributed by atoms with van der Waals surface area (Å²) in [5.41, 5.74) is 0.527. The van der Waals surface area contributed by atoms with Crippen LogP contribution >= 0.6 is 0 Å². The lowest BCUT2D eigenvalue weighted by molar-refractivity contribution is -0.0898. The summed E-state index contributed by atoms with van der Waals surface area (Å²) < 4.78 is 36.5. The normalized spacial score (nSPS) is 11.6. The predicted molar refractivity (Wildman–Crippen MR) is 59.3 cm³/mol. The summed E-state index contributed by atoms with van der Waals surface area (Å²) in [6, 6.07) is 6.84. The average Bonchev–Trinajstić information content (AvgIpc) is 2.17. The van der Waals surface area contributed by atoms with Crippen LogP contribution in [0.3, 0.4) is 0 Å². The van der Waals surface area contributed by atoms with Crippen LogP contribution in [0.1, 0.15) is 25.3 Å². The topological polar surface area (TPSA) is 12.0 Å². The van der Waals surface area contributed by atoms with Crippen LogP contribution < -0.4 is 5.32 Å². The van der Waals surface area contributed by atoms with E-state index in [0.717, 1.165) is 5.56 Å². The lowest BCUT2D eigenvalue weighted by atomic mass is 10.0. The van der Waals surface area contributed by atoms with Crippen LogP contribution in [0.5, 0.6) is 0 Å². The van der Waals surface area contributed by atoms with E-state index in [0.29, 0.717) is 11.6 Å². The molecule has 0 amide bonds. The van der Waals surface area contributed by atoms with E-state index in [1.807, 2.05) is 13.8 Å². The van der Waals surface area contributed by atoms with E-state index in [-0.39, 0.29) is 0 Å². The molecule has 1 aromatic rings. The maximum atomic E-state index is 12.2. The molecule has 88 valence electrons. The Balaban J connectivity index is 2.73. The summed E-state index contributed by atoms with van der Waals surface area (Å²) in [7, 11) is 0. The van der Waals surface area contributed by atoms with Gasteiger partial charge < -0.3 is 5.32 Å². The third kappa shape index (κ3) is 3.29. The molecule has 0 aliphatic heterocycles. The molecule has 0 heterocycles. The first-order chi connectivity index (χ1) is 7.30. The fourth-order valence-corrected chi connectivity index (χ4v) is 1.20. The Morgan fingerprint density at radius 2 is 1.69 bits per heavy atom. The molecule has 0 atom stereocenters. The quantitative estimate of drug-likeness (QED) is 0.814. The number of allylic oxidation sites excluding steroid dienone is 1. The van der Waals surface area contributed by atoms with Crippen molar-refractivity contribution in [3.63, 3.8) is 0 Å². The summed E-state index contributed by atoms with van der Waals surface area (Å²) in [6.07, 6.45) is -4.41. The van der Waals surface area contributed by atoms with Gasteiger partial charge in [-0.1, -0.05) is 32.6 Å². The van der Waals surface area contributed by atoms with Gasteiger partial charge in [0.05, 0.1) is 0 Å². The summed E-state index contributed by atoms with van der Waals surface area (Å²) in [4.78, 5) is 0. The second kappa shape index (κ2) is 4.60. The van der Waals surface area contributed by atoms with Crippen molar-refractivity contribution in [1.29, 1.82) is 0 Å². The Kier molecular flexibility index (Phi) is 3.62. The number of nitrogens with one attached hydrogen (secondary N) is 1. The Hall–Kier alpha value is -1.45. The first-order valence-corrected chi connectivity index (χ1v) is 4.94. The Bertz CT molecular complexity index is 363. The van der Waals surface area contributed by atoms with Crippen molar-refractivity contribution in [2.75, 3.05) is 5.32 Å². The maximum absolute atomic E-state index is 12.2. The van der Waals surface area contributed by atoms with Gasteiger partial charge in [0.2, 0.25) is 0 Å². The minimum atomic E-state index is -4.41. The maximum Gasteiger partial charge on any atom is 0.430 e. The van der Waals surface area contributed by atoms with E-state index in [2.05, 4.69) is 11.9 Å². The summed E-state index contributed by atoms with van der Waals surface area (Å²) in [5.74, 6) is 0.361. The molecule has 0 aromatic heterocycles. The van der Waals surface area contributed by atoms with Crippen LogP contribution in [0.4, 0.5) is 18.9 Å². The monoisotopic (exact) mass is 229 g/mol. The zero-order valence-corrected chi connectivity index (χ0v) is 9.23. The Labute approximate surface area is 93.0 Å². The van der Waals surface area contributed by atoms with E-state index in [1.54, 1.807) is 24.3 Å². The van der Waals surface area contributed by atoms with Gasteiger partial charge in [-0.15, -0.1) is 0 Å². The van der Waals surface area contributed by atoms with Crippen LogP contribution in [0, 0.1) is 0 Å². The van der Waals surface area contributed by atoms with Gasteiger partial charge >= 0.3 is 6.18 Å². The minimum absolute atomic E-state index is 0.361. The van der Waals surface area contributed by atoms with Crippen molar-refractivity contribution in [2.45, 2.75) is 25.9 Å². The molecule has 0 bridgehead atoms. The van der Waals surface area contributed by atoms with Crippen LogP contribution in [-0.2, 0) is 0 Å². The average molecular weight is 229 g/mol. The van der Waals surface area contributed by atoms with Crippen molar-refractivity contribution in [3.8, 4) is 0 Å². The summed E-state index contributed by atoms with van der Waals surface area (Å²) in [5, 5.41) is 2.23. The highest BCUT2D eigenvalue weighted by molar-refractivity contribution is 5.49. The van der Waals surface area contributed by atoms with Gasteiger partial charge in [-0.3, -0.25) is 0 Å². The number of rotatable bonds is 3. The highest BCUT2D eigenvalue weighted by Crippen LogP contribution is 2.26. The smallest absolute Gasteiger partial charge is 0.352 e. The zero-order chi connectivity index (χ0) is 12.3. The van der Waals surface area contributed by atoms with Crippen LogP contribution in [0.15, 0.2) is 36.5 Å². The highest BCUT2D eigenvalue weighted by Gasteiger charge is 2.32. The first kappa shape index (κ1) is 12.6. The van der Waals surface area contributed by atoms with Crippen molar-refractivity contribution in [2.24, 2.45) is 0 Å². The third-order valence-corrected chi connectivity index (χ3v) is 2.21. The van der Waals surface area contributed by atoms with Crippen molar-refractivity contribution in [3.05, 3.63) is 42.1 Å². The number of alkyl halides is 3. The SMILES string of the molecule is C=C(Nc1ccc(C(C)C)cc1)C(F)(F)F. The van der Waals surface area contributed by atoms with Crippen LogP contribution in [-0.4, -0.2) is 6.18 Å². The molecule has 0 unspecified atom stereocenters. The molecule has 1 aromatic carbocycles. The van der Waals surface area contributed by atoms with E-state index >= 15 is 0 Å². The molecule has 0 spiro atoms. The van der Waals surface area contributed by atoms with E-state index < -0.39 is 11.9 Å². The number of benzene rings is 1. The van der Waals surface area contributed by atoms with Crippen LogP contribution in [0.25, 0.3) is 0 Å². The van der Waals surface area contributed by atoms with Gasteiger partial charge in [0.25, 0.3) is 0 Å². The highest BCUT2D eigenvalue weighted by atomic mass is 19.4. The Morgan fingerprint density at radius 1 is 1.19 bits per heavy atom. The molecule has 0 saturated carbocycles. The predicted octanol–water partition coefficient (Wildman–Crippen LogP) is 4.30. The number of hydrogen-bond acceptors (Lipinski definition) is 1. The standard InChI is InChI=1S/C12H14F3N/c1-8(2)10-4-6-11(7-5-10)16-9(3)12(13,14)15/h4-8,16H,3H2,1-2H3. The summed E-state index contributed by atoms with van der Waals surface area (Å²) in [6.45, 7) is 6.99. The van der Waals surface area contributed by atoms with Gasteiger partial charge in [-0.05, 0) is 23.6 Å². The first-order valence-electron chi connectivity index (χ1n) is 4.94.